The molecule has 1 heterocycles. The molecule has 0 aliphatic carbocycles. The van der Waals surface area contributed by atoms with Crippen LogP contribution in [-0.4, -0.2) is 33.6 Å². The molecule has 0 saturated carbocycles. The molecule has 2 N–H and O–H groups in total. The molecule has 122 valence electrons. The molecular formula is C16H19N3O3S. The van der Waals surface area contributed by atoms with Crippen LogP contribution < -0.4 is 5.32 Å². The van der Waals surface area contributed by atoms with E-state index in [4.69, 9.17) is 5.11 Å². The Kier molecular flexibility index (Phi) is 5.92. The molecule has 1 saturated heterocycles. The van der Waals surface area contributed by atoms with Gasteiger partial charge >= 0.3 is 5.97 Å². The maximum atomic E-state index is 11.6. The molecule has 23 heavy (non-hydrogen) atoms. The summed E-state index contributed by atoms with van der Waals surface area (Å²) in [6, 6.07) is 8.05. The molecule has 1 amide bonds. The summed E-state index contributed by atoms with van der Waals surface area (Å²) in [6.45, 7) is 4.35. The number of aliphatic carboxylic acids is 1. The molecule has 1 aliphatic rings. The summed E-state index contributed by atoms with van der Waals surface area (Å²) in [6.07, 6.45) is 2.41. The average Bonchev–Trinajstić information content (AvgIpc) is 2.80. The van der Waals surface area contributed by atoms with E-state index in [9.17, 15) is 9.59 Å². The first kappa shape index (κ1) is 17.2. The minimum atomic E-state index is -1.01. The van der Waals surface area contributed by atoms with Gasteiger partial charge in [-0.05, 0) is 23.5 Å². The first-order valence-corrected chi connectivity index (χ1v) is 8.21. The zero-order valence-corrected chi connectivity index (χ0v) is 13.8. The van der Waals surface area contributed by atoms with Gasteiger partial charge in [0.2, 0.25) is 5.91 Å². The average molecular weight is 333 g/mol. The van der Waals surface area contributed by atoms with Crippen LogP contribution in [0.4, 0.5) is 0 Å². The number of nitrogens with zero attached hydrogens (tertiary/aromatic N) is 2. The lowest BCUT2D eigenvalue weighted by Gasteiger charge is -2.04. The van der Waals surface area contributed by atoms with Crippen molar-refractivity contribution in [2.45, 2.75) is 31.9 Å². The predicted molar refractivity (Wildman–Crippen MR) is 91.8 cm³/mol. The summed E-state index contributed by atoms with van der Waals surface area (Å²) in [5, 5.41) is 18.8. The number of carboxylic acids is 1. The van der Waals surface area contributed by atoms with Crippen LogP contribution in [0.5, 0.6) is 0 Å². The number of benzene rings is 1. The van der Waals surface area contributed by atoms with E-state index < -0.39 is 11.2 Å². The smallest absolute Gasteiger partial charge is 0.305 e. The van der Waals surface area contributed by atoms with Gasteiger partial charge in [-0.15, -0.1) is 5.10 Å². The third-order valence-corrected chi connectivity index (χ3v) is 4.19. The molecule has 0 spiro atoms. The zero-order chi connectivity index (χ0) is 16.8. The molecule has 0 bridgehead atoms. The van der Waals surface area contributed by atoms with Crippen molar-refractivity contribution in [3.8, 4) is 0 Å². The highest BCUT2D eigenvalue weighted by Gasteiger charge is 2.32. The van der Waals surface area contributed by atoms with E-state index in [1.165, 1.54) is 5.56 Å². The quantitative estimate of drug-likeness (QED) is 0.617. The van der Waals surface area contributed by atoms with Crippen molar-refractivity contribution < 1.29 is 14.7 Å². The van der Waals surface area contributed by atoms with E-state index in [1.807, 2.05) is 12.1 Å². The Labute approximate surface area is 139 Å². The second-order valence-electron chi connectivity index (χ2n) is 5.68. The van der Waals surface area contributed by atoms with Gasteiger partial charge in [-0.1, -0.05) is 49.9 Å². The number of carboxylic acid groups (broad SMARTS) is 1. The molecule has 0 aromatic heterocycles. The topological polar surface area (TPSA) is 91.1 Å². The van der Waals surface area contributed by atoms with E-state index in [0.717, 1.165) is 23.7 Å². The van der Waals surface area contributed by atoms with E-state index >= 15 is 0 Å². The van der Waals surface area contributed by atoms with E-state index in [-0.39, 0.29) is 12.3 Å². The maximum absolute atomic E-state index is 11.6. The number of amidine groups is 1. The van der Waals surface area contributed by atoms with Crippen LogP contribution in [0, 0.1) is 5.92 Å². The Morgan fingerprint density at radius 1 is 1.39 bits per heavy atom. The highest BCUT2D eigenvalue weighted by molar-refractivity contribution is 8.15. The van der Waals surface area contributed by atoms with Crippen LogP contribution in [0.25, 0.3) is 0 Å². The fraction of sp³-hybridized carbons (Fsp3) is 0.375. The third kappa shape index (κ3) is 5.52. The van der Waals surface area contributed by atoms with Crippen molar-refractivity contribution >= 4 is 35.0 Å². The summed E-state index contributed by atoms with van der Waals surface area (Å²) in [5.41, 5.74) is 2.19. The standard InChI is InChI=1S/C16H19N3O3S/c1-10(2)7-11-3-5-12(6-4-11)9-17-19-16-18-15(22)13(23-16)8-14(20)21/h3-6,9-10,13H,7-8H2,1-2H3,(H,20,21)(H,18,19,22). The summed E-state index contributed by atoms with van der Waals surface area (Å²) in [5.74, 6) is -0.740. The monoisotopic (exact) mass is 333 g/mol. The van der Waals surface area contributed by atoms with Crippen LogP contribution >= 0.6 is 11.8 Å². The molecule has 1 aliphatic heterocycles. The van der Waals surface area contributed by atoms with Gasteiger partial charge < -0.3 is 10.4 Å². The van der Waals surface area contributed by atoms with Crippen molar-refractivity contribution in [2.24, 2.45) is 16.1 Å². The van der Waals surface area contributed by atoms with Crippen LogP contribution in [-0.2, 0) is 16.0 Å². The number of hydrogen-bond donors (Lipinski definition) is 2. The largest absolute Gasteiger partial charge is 0.481 e. The number of amides is 1. The Morgan fingerprint density at radius 3 is 2.70 bits per heavy atom. The minimum absolute atomic E-state index is 0.226. The second kappa shape index (κ2) is 7.92. The molecule has 1 aromatic carbocycles. The number of carbonyl (C=O) groups is 2. The second-order valence-corrected chi connectivity index (χ2v) is 6.87. The first-order valence-electron chi connectivity index (χ1n) is 7.33. The minimum Gasteiger partial charge on any atom is -0.481 e. The molecule has 1 atom stereocenters. The fourth-order valence-electron chi connectivity index (χ4n) is 2.10. The van der Waals surface area contributed by atoms with Crippen molar-refractivity contribution in [2.75, 3.05) is 0 Å². The number of rotatable bonds is 6. The van der Waals surface area contributed by atoms with Crippen molar-refractivity contribution in [1.82, 2.24) is 5.32 Å². The Hall–Kier alpha value is -2.15. The molecule has 1 unspecified atom stereocenters. The molecule has 1 fully saturated rings. The lowest BCUT2D eigenvalue weighted by atomic mass is 10.0. The normalized spacial score (nSPS) is 19.7. The lowest BCUT2D eigenvalue weighted by molar-refractivity contribution is -0.138. The molecule has 2 rings (SSSR count). The molecule has 1 aromatic rings. The number of nitrogens with one attached hydrogen (secondary N) is 1. The molecule has 0 radical (unpaired) electrons. The van der Waals surface area contributed by atoms with Crippen LogP contribution in [0.1, 0.15) is 31.4 Å². The van der Waals surface area contributed by atoms with Crippen molar-refractivity contribution in [3.63, 3.8) is 0 Å². The van der Waals surface area contributed by atoms with Gasteiger partial charge in [0.15, 0.2) is 5.17 Å². The van der Waals surface area contributed by atoms with E-state index in [2.05, 4.69) is 41.5 Å². The lowest BCUT2D eigenvalue weighted by Crippen LogP contribution is -2.26. The third-order valence-electron chi connectivity index (χ3n) is 3.12. The Bertz CT molecular complexity index is 638. The van der Waals surface area contributed by atoms with Crippen LogP contribution in [0.2, 0.25) is 0 Å². The number of thioether (sulfide) groups is 1. The van der Waals surface area contributed by atoms with E-state index in [1.54, 1.807) is 6.21 Å². The molecule has 6 nitrogen and oxygen atoms in total. The summed E-state index contributed by atoms with van der Waals surface area (Å²) in [7, 11) is 0. The van der Waals surface area contributed by atoms with Gasteiger partial charge in [0.1, 0.15) is 5.25 Å². The molecule has 7 heteroatoms. The number of hydrogen-bond acceptors (Lipinski definition) is 5. The fourth-order valence-corrected chi connectivity index (χ4v) is 3.02. The van der Waals surface area contributed by atoms with E-state index in [0.29, 0.717) is 11.1 Å². The number of carbonyl (C=O) groups excluding carboxylic acids is 1. The predicted octanol–water partition coefficient (Wildman–Crippen LogP) is 2.28. The van der Waals surface area contributed by atoms with Gasteiger partial charge in [-0.3, -0.25) is 9.59 Å². The first-order chi connectivity index (χ1) is 10.9. The van der Waals surface area contributed by atoms with Gasteiger partial charge in [-0.2, -0.15) is 5.10 Å². The van der Waals surface area contributed by atoms with Crippen molar-refractivity contribution in [1.29, 1.82) is 0 Å². The van der Waals surface area contributed by atoms with Gasteiger partial charge in [0, 0.05) is 0 Å². The zero-order valence-electron chi connectivity index (χ0n) is 13.0. The summed E-state index contributed by atoms with van der Waals surface area (Å²) in [4.78, 5) is 22.2. The Balaban J connectivity index is 1.93. The highest BCUT2D eigenvalue weighted by Crippen LogP contribution is 2.22. The SMILES string of the molecule is CC(C)Cc1ccc(C=NN=C2NC(=O)C(CC(=O)O)S2)cc1. The maximum Gasteiger partial charge on any atom is 0.305 e. The van der Waals surface area contributed by atoms with Gasteiger partial charge in [0.05, 0.1) is 12.6 Å². The summed E-state index contributed by atoms with van der Waals surface area (Å²) >= 11 is 1.09. The van der Waals surface area contributed by atoms with Crippen LogP contribution in [0.3, 0.4) is 0 Å². The van der Waals surface area contributed by atoms with Crippen LogP contribution in [0.15, 0.2) is 34.5 Å². The van der Waals surface area contributed by atoms with Gasteiger partial charge in [-0.25, -0.2) is 0 Å². The summed E-state index contributed by atoms with van der Waals surface area (Å²) < 4.78 is 0. The Morgan fingerprint density at radius 2 is 2.09 bits per heavy atom. The van der Waals surface area contributed by atoms with Gasteiger partial charge in [0.25, 0.3) is 0 Å². The molecular weight excluding hydrogens is 314 g/mol. The van der Waals surface area contributed by atoms with Crippen molar-refractivity contribution in [3.05, 3.63) is 35.4 Å². The highest BCUT2D eigenvalue weighted by atomic mass is 32.2.